The highest BCUT2D eigenvalue weighted by atomic mass is 35.5. The van der Waals surface area contributed by atoms with E-state index >= 15 is 0 Å². The minimum atomic E-state index is -0.337. The molecule has 7 heteroatoms. The molecule has 122 valence electrons. The third-order valence-corrected chi connectivity index (χ3v) is 4.71. The summed E-state index contributed by atoms with van der Waals surface area (Å²) < 4.78 is 0. The second-order valence-corrected chi connectivity index (χ2v) is 7.21. The fourth-order valence-electron chi connectivity index (χ4n) is 1.89. The van der Waals surface area contributed by atoms with E-state index in [1.807, 2.05) is 25.1 Å². The van der Waals surface area contributed by atoms with Crippen molar-refractivity contribution in [3.8, 4) is 5.75 Å². The molecule has 1 aromatic heterocycles. The lowest BCUT2D eigenvalue weighted by Gasteiger charge is -2.13. The van der Waals surface area contributed by atoms with Gasteiger partial charge in [-0.2, -0.15) is 0 Å². The van der Waals surface area contributed by atoms with Crippen molar-refractivity contribution in [2.75, 3.05) is 0 Å². The van der Waals surface area contributed by atoms with Crippen molar-refractivity contribution < 1.29 is 9.90 Å². The SMILES string of the molecule is Cc1cccc(CNC(=O)C(C)Sc2cc(Cl)c(O)c(Cl)c2)n1. The summed E-state index contributed by atoms with van der Waals surface area (Å²) in [5.74, 6) is -0.265. The molecule has 4 nitrogen and oxygen atoms in total. The van der Waals surface area contributed by atoms with Crippen LogP contribution in [0, 0.1) is 6.92 Å². The van der Waals surface area contributed by atoms with Crippen molar-refractivity contribution >= 4 is 40.9 Å². The highest BCUT2D eigenvalue weighted by Crippen LogP contribution is 2.37. The topological polar surface area (TPSA) is 62.2 Å². The maximum absolute atomic E-state index is 12.2. The van der Waals surface area contributed by atoms with Gasteiger partial charge < -0.3 is 10.4 Å². The van der Waals surface area contributed by atoms with Crippen LogP contribution in [0.2, 0.25) is 10.0 Å². The Hall–Kier alpha value is -1.43. The van der Waals surface area contributed by atoms with E-state index in [1.165, 1.54) is 11.8 Å². The van der Waals surface area contributed by atoms with Gasteiger partial charge in [0.1, 0.15) is 0 Å². The Morgan fingerprint density at radius 2 is 2.00 bits per heavy atom. The summed E-state index contributed by atoms with van der Waals surface area (Å²) in [5.41, 5.74) is 1.72. The van der Waals surface area contributed by atoms with Crippen molar-refractivity contribution in [3.63, 3.8) is 0 Å². The zero-order valence-corrected chi connectivity index (χ0v) is 15.0. The number of pyridine rings is 1. The first-order chi connectivity index (χ1) is 10.9. The Balaban J connectivity index is 1.95. The number of carbonyl (C=O) groups excluding carboxylic acids is 1. The number of amides is 1. The Bertz CT molecular complexity index is 702. The van der Waals surface area contributed by atoms with Crippen LogP contribution in [0.5, 0.6) is 5.75 Å². The predicted octanol–water partition coefficient (Wildman–Crippen LogP) is 4.20. The molecule has 0 saturated heterocycles. The van der Waals surface area contributed by atoms with Gasteiger partial charge in [-0.3, -0.25) is 9.78 Å². The minimum absolute atomic E-state index is 0.112. The first-order valence-electron chi connectivity index (χ1n) is 6.91. The number of hydrogen-bond acceptors (Lipinski definition) is 4. The number of aromatic nitrogens is 1. The maximum Gasteiger partial charge on any atom is 0.233 e. The summed E-state index contributed by atoms with van der Waals surface area (Å²) >= 11 is 13.1. The van der Waals surface area contributed by atoms with E-state index in [-0.39, 0.29) is 27.0 Å². The van der Waals surface area contributed by atoms with Crippen molar-refractivity contribution in [3.05, 3.63) is 51.8 Å². The molecular formula is C16H16Cl2N2O2S. The molecule has 0 aliphatic heterocycles. The minimum Gasteiger partial charge on any atom is -0.505 e. The number of rotatable bonds is 5. The number of aryl methyl sites for hydroxylation is 1. The highest BCUT2D eigenvalue weighted by Gasteiger charge is 2.16. The van der Waals surface area contributed by atoms with Gasteiger partial charge in [-0.1, -0.05) is 29.3 Å². The molecule has 0 aliphatic carbocycles. The number of phenolic OH excluding ortho intramolecular Hbond substituents is 1. The summed E-state index contributed by atoms with van der Waals surface area (Å²) in [5, 5.41) is 12.4. The van der Waals surface area contributed by atoms with Gasteiger partial charge in [0.05, 0.1) is 27.5 Å². The van der Waals surface area contributed by atoms with Crippen LogP contribution in [0.15, 0.2) is 35.2 Å². The predicted molar refractivity (Wildman–Crippen MR) is 94.3 cm³/mol. The summed E-state index contributed by atoms with van der Waals surface area (Å²) in [6, 6.07) is 8.84. The van der Waals surface area contributed by atoms with Crippen molar-refractivity contribution in [2.24, 2.45) is 0 Å². The van der Waals surface area contributed by atoms with Crippen molar-refractivity contribution in [1.29, 1.82) is 0 Å². The first kappa shape index (κ1) is 17.9. The molecule has 2 N–H and O–H groups in total. The van der Waals surface area contributed by atoms with Gasteiger partial charge in [0.15, 0.2) is 5.75 Å². The molecule has 0 fully saturated rings. The quantitative estimate of drug-likeness (QED) is 0.774. The summed E-state index contributed by atoms with van der Waals surface area (Å²) in [6.45, 7) is 4.07. The molecule has 2 aromatic rings. The number of halogens is 2. The molecule has 0 aliphatic rings. The highest BCUT2D eigenvalue weighted by molar-refractivity contribution is 8.00. The van der Waals surface area contributed by atoms with Gasteiger partial charge in [-0.25, -0.2) is 0 Å². The maximum atomic E-state index is 12.2. The van der Waals surface area contributed by atoms with E-state index in [0.717, 1.165) is 11.4 Å². The monoisotopic (exact) mass is 370 g/mol. The van der Waals surface area contributed by atoms with E-state index in [4.69, 9.17) is 23.2 Å². The number of benzene rings is 1. The fourth-order valence-corrected chi connectivity index (χ4v) is 3.47. The fraction of sp³-hybridized carbons (Fsp3) is 0.250. The van der Waals surface area contributed by atoms with Gasteiger partial charge >= 0.3 is 0 Å². The molecule has 0 spiro atoms. The average molecular weight is 371 g/mol. The summed E-state index contributed by atoms with van der Waals surface area (Å²) in [7, 11) is 0. The molecule has 0 saturated carbocycles. The lowest BCUT2D eigenvalue weighted by atomic mass is 10.3. The van der Waals surface area contributed by atoms with Crippen LogP contribution in [0.1, 0.15) is 18.3 Å². The van der Waals surface area contributed by atoms with Crippen LogP contribution in [-0.2, 0) is 11.3 Å². The molecule has 1 aromatic carbocycles. The standard InChI is InChI=1S/C16H16Cl2N2O2S/c1-9-4-3-5-11(20-9)8-19-16(22)10(2)23-12-6-13(17)15(21)14(18)7-12/h3-7,10,21H,8H2,1-2H3,(H,19,22). The number of nitrogens with one attached hydrogen (secondary N) is 1. The number of aromatic hydroxyl groups is 1. The van der Waals surface area contributed by atoms with E-state index in [2.05, 4.69) is 10.3 Å². The molecule has 0 radical (unpaired) electrons. The number of carbonyl (C=O) groups is 1. The molecule has 1 atom stereocenters. The Morgan fingerprint density at radius 1 is 1.35 bits per heavy atom. The number of nitrogens with zero attached hydrogens (tertiary/aromatic N) is 1. The van der Waals surface area contributed by atoms with Crippen LogP contribution >= 0.6 is 35.0 Å². The van der Waals surface area contributed by atoms with Gasteiger partial charge in [0.25, 0.3) is 0 Å². The molecule has 2 rings (SSSR count). The van der Waals surface area contributed by atoms with Crippen LogP contribution < -0.4 is 5.32 Å². The molecule has 23 heavy (non-hydrogen) atoms. The van der Waals surface area contributed by atoms with E-state index < -0.39 is 0 Å². The first-order valence-corrected chi connectivity index (χ1v) is 8.55. The van der Waals surface area contributed by atoms with Crippen LogP contribution in [0.4, 0.5) is 0 Å². The molecule has 1 amide bonds. The normalized spacial score (nSPS) is 12.0. The lowest BCUT2D eigenvalue weighted by Crippen LogP contribution is -2.30. The van der Waals surface area contributed by atoms with Crippen LogP contribution in [-0.4, -0.2) is 21.2 Å². The number of thioether (sulfide) groups is 1. The molecule has 1 unspecified atom stereocenters. The van der Waals surface area contributed by atoms with E-state index in [9.17, 15) is 9.90 Å². The Kier molecular flexibility index (Phi) is 6.16. The van der Waals surface area contributed by atoms with Crippen molar-refractivity contribution in [2.45, 2.75) is 30.5 Å². The largest absolute Gasteiger partial charge is 0.505 e. The van der Waals surface area contributed by atoms with Gasteiger partial charge in [-0.15, -0.1) is 11.8 Å². The third kappa shape index (κ3) is 5.03. The van der Waals surface area contributed by atoms with Gasteiger partial charge in [-0.05, 0) is 38.1 Å². The zero-order valence-electron chi connectivity index (χ0n) is 12.6. The van der Waals surface area contributed by atoms with Crippen LogP contribution in [0.3, 0.4) is 0 Å². The molecular weight excluding hydrogens is 355 g/mol. The Labute approximate surface area is 149 Å². The van der Waals surface area contributed by atoms with Crippen molar-refractivity contribution in [1.82, 2.24) is 10.3 Å². The summed E-state index contributed by atoms with van der Waals surface area (Å²) in [6.07, 6.45) is 0. The Morgan fingerprint density at radius 3 is 2.61 bits per heavy atom. The number of phenols is 1. The van der Waals surface area contributed by atoms with Crippen LogP contribution in [0.25, 0.3) is 0 Å². The molecule has 0 bridgehead atoms. The second-order valence-electron chi connectivity index (χ2n) is 4.98. The third-order valence-electron chi connectivity index (χ3n) is 3.06. The molecule has 1 heterocycles. The van der Waals surface area contributed by atoms with Gasteiger partial charge in [0, 0.05) is 10.6 Å². The van der Waals surface area contributed by atoms with E-state index in [0.29, 0.717) is 11.4 Å². The van der Waals surface area contributed by atoms with E-state index in [1.54, 1.807) is 19.1 Å². The number of hydrogen-bond donors (Lipinski definition) is 2. The summed E-state index contributed by atoms with van der Waals surface area (Å²) in [4.78, 5) is 17.2. The van der Waals surface area contributed by atoms with Gasteiger partial charge in [0.2, 0.25) is 5.91 Å². The smallest absolute Gasteiger partial charge is 0.233 e. The average Bonchev–Trinajstić information content (AvgIpc) is 2.50. The second kappa shape index (κ2) is 7.90. The lowest BCUT2D eigenvalue weighted by molar-refractivity contribution is -0.120. The zero-order chi connectivity index (χ0) is 17.0.